The van der Waals surface area contributed by atoms with E-state index in [1.807, 2.05) is 26.8 Å². The summed E-state index contributed by atoms with van der Waals surface area (Å²) in [5, 5.41) is 2.85. The Morgan fingerprint density at radius 3 is 2.68 bits per heavy atom. The predicted octanol–water partition coefficient (Wildman–Crippen LogP) is 2.24. The number of carbonyl (C=O) groups excluding carboxylic acids is 1. The van der Waals surface area contributed by atoms with Gasteiger partial charge in [0.1, 0.15) is 0 Å². The monoisotopic (exact) mass is 261 g/mol. The summed E-state index contributed by atoms with van der Waals surface area (Å²) >= 11 is 0. The Morgan fingerprint density at radius 2 is 2.05 bits per heavy atom. The van der Waals surface area contributed by atoms with Gasteiger partial charge in [-0.3, -0.25) is 9.36 Å². The van der Waals surface area contributed by atoms with E-state index in [9.17, 15) is 9.59 Å². The van der Waals surface area contributed by atoms with E-state index in [2.05, 4.69) is 10.3 Å². The molecular formula is C14H19N3O2. The summed E-state index contributed by atoms with van der Waals surface area (Å²) < 4.78 is 1.54. The van der Waals surface area contributed by atoms with Crippen LogP contribution in [0.15, 0.2) is 23.0 Å². The van der Waals surface area contributed by atoms with Gasteiger partial charge in [0, 0.05) is 19.2 Å². The first-order valence-electron chi connectivity index (χ1n) is 6.25. The van der Waals surface area contributed by atoms with E-state index >= 15 is 0 Å². The molecule has 0 aliphatic carbocycles. The minimum Gasteiger partial charge on any atom is -0.326 e. The molecule has 1 heterocycles. The first-order valence-corrected chi connectivity index (χ1v) is 6.25. The van der Waals surface area contributed by atoms with Crippen LogP contribution in [0, 0.1) is 5.41 Å². The molecule has 1 aromatic heterocycles. The van der Waals surface area contributed by atoms with Gasteiger partial charge in [-0.05, 0) is 23.6 Å². The van der Waals surface area contributed by atoms with Crippen LogP contribution in [-0.4, -0.2) is 15.5 Å². The van der Waals surface area contributed by atoms with Gasteiger partial charge in [0.25, 0.3) is 0 Å². The Kier molecular flexibility index (Phi) is 3.22. The summed E-state index contributed by atoms with van der Waals surface area (Å²) in [6.45, 7) is 6.05. The molecule has 2 rings (SSSR count). The van der Waals surface area contributed by atoms with Gasteiger partial charge >= 0.3 is 5.69 Å². The number of hydrogen-bond donors (Lipinski definition) is 2. The number of benzene rings is 1. The van der Waals surface area contributed by atoms with Gasteiger partial charge in [0.2, 0.25) is 5.91 Å². The van der Waals surface area contributed by atoms with E-state index in [4.69, 9.17) is 0 Å². The minimum atomic E-state index is -0.159. The molecule has 0 aliphatic heterocycles. The molecular weight excluding hydrogens is 242 g/mol. The molecule has 0 spiro atoms. The number of rotatable bonds is 2. The van der Waals surface area contributed by atoms with Crippen molar-refractivity contribution in [1.29, 1.82) is 0 Å². The zero-order chi connectivity index (χ0) is 14.2. The van der Waals surface area contributed by atoms with Gasteiger partial charge < -0.3 is 10.3 Å². The third-order valence-corrected chi connectivity index (χ3v) is 2.88. The van der Waals surface area contributed by atoms with Crippen molar-refractivity contribution < 1.29 is 4.79 Å². The maximum Gasteiger partial charge on any atom is 0.326 e. The molecule has 0 saturated carbocycles. The van der Waals surface area contributed by atoms with E-state index in [1.54, 1.807) is 19.2 Å². The molecule has 0 fully saturated rings. The number of nitrogens with one attached hydrogen (secondary N) is 2. The summed E-state index contributed by atoms with van der Waals surface area (Å²) in [7, 11) is 1.71. The Hall–Kier alpha value is -2.04. The highest BCUT2D eigenvalue weighted by molar-refractivity contribution is 5.93. The Labute approximate surface area is 111 Å². The molecule has 0 radical (unpaired) electrons. The summed E-state index contributed by atoms with van der Waals surface area (Å²) in [6.07, 6.45) is 0.455. The van der Waals surface area contributed by atoms with Crippen LogP contribution in [-0.2, 0) is 11.8 Å². The van der Waals surface area contributed by atoms with Crippen LogP contribution in [0.4, 0.5) is 5.69 Å². The first-order chi connectivity index (χ1) is 8.76. The lowest BCUT2D eigenvalue weighted by atomic mass is 9.92. The molecule has 5 heteroatoms. The van der Waals surface area contributed by atoms with Gasteiger partial charge in [-0.15, -0.1) is 0 Å². The number of nitrogens with zero attached hydrogens (tertiary/aromatic N) is 1. The second-order valence-corrected chi connectivity index (χ2v) is 6.01. The Morgan fingerprint density at radius 1 is 1.37 bits per heavy atom. The lowest BCUT2D eigenvalue weighted by Crippen LogP contribution is -2.19. The quantitative estimate of drug-likeness (QED) is 0.870. The summed E-state index contributed by atoms with van der Waals surface area (Å²) in [5.41, 5.74) is 2.03. The molecule has 0 unspecified atom stereocenters. The predicted molar refractivity (Wildman–Crippen MR) is 76.2 cm³/mol. The molecule has 5 nitrogen and oxygen atoms in total. The zero-order valence-electron chi connectivity index (χ0n) is 11.7. The van der Waals surface area contributed by atoms with Crippen LogP contribution in [0.5, 0.6) is 0 Å². The standard InChI is InChI=1S/C14H19N3O2/c1-14(2,3)8-12(18)15-9-5-6-11-10(7-9)16-13(19)17(11)4/h5-7H,8H2,1-4H3,(H,15,18)(H,16,19). The molecule has 1 aromatic carbocycles. The molecule has 0 aliphatic rings. The average Bonchev–Trinajstić information content (AvgIpc) is 2.51. The second kappa shape index (κ2) is 4.57. The molecule has 2 aromatic rings. The van der Waals surface area contributed by atoms with E-state index in [1.165, 1.54) is 4.57 Å². The lowest BCUT2D eigenvalue weighted by Gasteiger charge is -2.17. The molecule has 0 saturated heterocycles. The van der Waals surface area contributed by atoms with Gasteiger partial charge in [-0.1, -0.05) is 20.8 Å². The van der Waals surface area contributed by atoms with Gasteiger partial charge in [-0.25, -0.2) is 4.79 Å². The van der Waals surface area contributed by atoms with Crippen LogP contribution in [0.3, 0.4) is 0 Å². The maximum absolute atomic E-state index is 11.8. The number of hydrogen-bond acceptors (Lipinski definition) is 2. The van der Waals surface area contributed by atoms with Gasteiger partial charge in [0.05, 0.1) is 11.0 Å². The smallest absolute Gasteiger partial charge is 0.326 e. The van der Waals surface area contributed by atoms with E-state index < -0.39 is 0 Å². The van der Waals surface area contributed by atoms with Crippen molar-refractivity contribution in [1.82, 2.24) is 9.55 Å². The van der Waals surface area contributed by atoms with Crippen LogP contribution < -0.4 is 11.0 Å². The van der Waals surface area contributed by atoms with Gasteiger partial charge in [0.15, 0.2) is 0 Å². The molecule has 0 atom stereocenters. The second-order valence-electron chi connectivity index (χ2n) is 6.01. The summed E-state index contributed by atoms with van der Waals surface area (Å²) in [4.78, 5) is 26.1. The number of aromatic nitrogens is 2. The number of imidazole rings is 1. The van der Waals surface area contributed by atoms with Crippen molar-refractivity contribution in [3.05, 3.63) is 28.7 Å². The summed E-state index contributed by atoms with van der Waals surface area (Å²) in [5.74, 6) is -0.0230. The fourth-order valence-electron chi connectivity index (χ4n) is 2.00. The summed E-state index contributed by atoms with van der Waals surface area (Å²) in [6, 6.07) is 5.40. The van der Waals surface area contributed by atoms with Crippen LogP contribution in [0.25, 0.3) is 11.0 Å². The fraction of sp³-hybridized carbons (Fsp3) is 0.429. The normalized spacial score (nSPS) is 11.8. The van der Waals surface area contributed by atoms with Crippen LogP contribution >= 0.6 is 0 Å². The van der Waals surface area contributed by atoms with Crippen molar-refractivity contribution in [3.63, 3.8) is 0 Å². The van der Waals surface area contributed by atoms with Crippen LogP contribution in [0.1, 0.15) is 27.2 Å². The highest BCUT2D eigenvalue weighted by Crippen LogP contribution is 2.21. The van der Waals surface area contributed by atoms with Crippen LogP contribution in [0.2, 0.25) is 0 Å². The average molecular weight is 261 g/mol. The largest absolute Gasteiger partial charge is 0.326 e. The Bertz CT molecular complexity index is 674. The topological polar surface area (TPSA) is 66.9 Å². The third kappa shape index (κ3) is 3.05. The van der Waals surface area contributed by atoms with Crippen molar-refractivity contribution in [2.45, 2.75) is 27.2 Å². The van der Waals surface area contributed by atoms with Crippen molar-refractivity contribution in [2.75, 3.05) is 5.32 Å². The maximum atomic E-state index is 11.8. The Balaban J connectivity index is 2.23. The van der Waals surface area contributed by atoms with E-state index in [-0.39, 0.29) is 17.0 Å². The lowest BCUT2D eigenvalue weighted by molar-refractivity contribution is -0.117. The number of H-pyrrole nitrogens is 1. The van der Waals surface area contributed by atoms with Crippen molar-refractivity contribution in [3.8, 4) is 0 Å². The number of aryl methyl sites for hydroxylation is 1. The molecule has 19 heavy (non-hydrogen) atoms. The number of fused-ring (bicyclic) bond motifs is 1. The molecule has 1 amide bonds. The molecule has 2 N–H and O–H groups in total. The molecule has 102 valence electrons. The number of amides is 1. The first kappa shape index (κ1) is 13.4. The number of carbonyl (C=O) groups is 1. The van der Waals surface area contributed by atoms with Crippen molar-refractivity contribution >= 4 is 22.6 Å². The van der Waals surface area contributed by atoms with E-state index in [0.717, 1.165) is 11.0 Å². The highest BCUT2D eigenvalue weighted by atomic mass is 16.2. The SMILES string of the molecule is Cn1c(=O)[nH]c2cc(NC(=O)CC(C)(C)C)ccc21. The minimum absolute atomic E-state index is 0.0230. The van der Waals surface area contributed by atoms with Gasteiger partial charge in [-0.2, -0.15) is 0 Å². The fourth-order valence-corrected chi connectivity index (χ4v) is 2.00. The van der Waals surface area contributed by atoms with E-state index in [0.29, 0.717) is 12.1 Å². The van der Waals surface area contributed by atoms with Crippen molar-refractivity contribution in [2.24, 2.45) is 12.5 Å². The third-order valence-electron chi connectivity index (χ3n) is 2.88. The highest BCUT2D eigenvalue weighted by Gasteiger charge is 2.16. The number of anilines is 1. The molecule has 0 bridgehead atoms. The number of aromatic amines is 1. The zero-order valence-corrected chi connectivity index (χ0v) is 11.7.